The van der Waals surface area contributed by atoms with Crippen molar-refractivity contribution in [3.05, 3.63) is 103 Å². The molecule has 4 aliphatic heterocycles. The molecule has 1 aromatic heterocycles. The Labute approximate surface area is 313 Å². The van der Waals surface area contributed by atoms with Gasteiger partial charge in [0.05, 0.1) is 40.1 Å². The number of benzene rings is 2. The van der Waals surface area contributed by atoms with Gasteiger partial charge < -0.3 is 29.6 Å². The second-order valence-electron chi connectivity index (χ2n) is 14.4. The SMILES string of the molecule is C[C@@H](O)[C@H]1C(=O)N2C(C(=O)O)=C(S[C@H]3C[C@@H](CN4CCCn5nccc54)N(C(=O)OCc4ccc([N+](=O)[O-])cc4)C3)[C@](C)(Cc3ccc([N+](=O)[O-])cc3)[C@H]12. The monoisotopic (exact) mass is 761 g/mol. The number of aryl methyl sites for hydroxylation is 1. The summed E-state index contributed by atoms with van der Waals surface area (Å²) in [5.74, 6) is -1.71. The van der Waals surface area contributed by atoms with Crippen molar-refractivity contribution in [3.8, 4) is 0 Å². The van der Waals surface area contributed by atoms with Crippen LogP contribution in [0.2, 0.25) is 0 Å². The molecule has 0 unspecified atom stereocenters. The Hall–Kier alpha value is -5.49. The number of hydrogen-bond acceptors (Lipinski definition) is 12. The molecule has 17 nitrogen and oxygen atoms in total. The topological polar surface area (TPSA) is 215 Å². The van der Waals surface area contributed by atoms with Gasteiger partial charge in [-0.05, 0) is 49.4 Å². The predicted molar refractivity (Wildman–Crippen MR) is 194 cm³/mol. The molecule has 0 bridgehead atoms. The molecule has 5 heterocycles. The second kappa shape index (κ2) is 14.4. The van der Waals surface area contributed by atoms with E-state index < -0.39 is 51.3 Å². The maximum Gasteiger partial charge on any atom is 0.410 e. The van der Waals surface area contributed by atoms with Gasteiger partial charge in [0.15, 0.2) is 0 Å². The van der Waals surface area contributed by atoms with E-state index in [9.17, 15) is 44.8 Å². The fourth-order valence-electron chi connectivity index (χ4n) is 8.36. The summed E-state index contributed by atoms with van der Waals surface area (Å²) < 4.78 is 7.66. The summed E-state index contributed by atoms with van der Waals surface area (Å²) in [5, 5.41) is 47.8. The maximum atomic E-state index is 13.8. The number of carbonyl (C=O) groups is 3. The van der Waals surface area contributed by atoms with Crippen LogP contribution >= 0.6 is 11.8 Å². The van der Waals surface area contributed by atoms with E-state index >= 15 is 0 Å². The molecule has 4 aliphatic rings. The lowest BCUT2D eigenvalue weighted by Gasteiger charge is -2.51. The highest BCUT2D eigenvalue weighted by molar-refractivity contribution is 8.03. The number of nitro groups is 2. The summed E-state index contributed by atoms with van der Waals surface area (Å²) in [6.07, 6.45) is 1.64. The molecule has 2 fully saturated rings. The lowest BCUT2D eigenvalue weighted by molar-refractivity contribution is -0.385. The number of hydrogen-bond donors (Lipinski definition) is 2. The zero-order chi connectivity index (χ0) is 38.5. The Balaban J connectivity index is 1.18. The van der Waals surface area contributed by atoms with Crippen LogP contribution in [0.25, 0.3) is 0 Å². The number of nitro benzene ring substituents is 2. The number of β-lactam (4-membered cyclic amide) rings is 1. The molecular formula is C36H39N7O10S. The highest BCUT2D eigenvalue weighted by Gasteiger charge is 2.66. The fourth-order valence-corrected chi connectivity index (χ4v) is 10.0. The number of non-ortho nitro benzene ring substituents is 2. The van der Waals surface area contributed by atoms with Crippen LogP contribution in [0.5, 0.6) is 0 Å². The van der Waals surface area contributed by atoms with E-state index in [2.05, 4.69) is 10.00 Å². The van der Waals surface area contributed by atoms with Gasteiger partial charge in [0.25, 0.3) is 11.4 Å². The number of anilines is 1. The number of thioether (sulfide) groups is 1. The Morgan fingerprint density at radius 2 is 1.69 bits per heavy atom. The molecule has 7 rings (SSSR count). The number of carboxylic acid groups (broad SMARTS) is 1. The minimum atomic E-state index is -1.29. The van der Waals surface area contributed by atoms with E-state index in [4.69, 9.17) is 4.74 Å². The van der Waals surface area contributed by atoms with Gasteiger partial charge in [0, 0.05) is 72.1 Å². The predicted octanol–water partition coefficient (Wildman–Crippen LogP) is 4.19. The molecule has 3 aromatic rings. The summed E-state index contributed by atoms with van der Waals surface area (Å²) in [7, 11) is 0. The third-order valence-corrected chi connectivity index (χ3v) is 12.4. The van der Waals surface area contributed by atoms with Gasteiger partial charge in [0.2, 0.25) is 5.91 Å². The second-order valence-corrected chi connectivity index (χ2v) is 15.7. The minimum Gasteiger partial charge on any atom is -0.477 e. The van der Waals surface area contributed by atoms with Crippen LogP contribution in [-0.2, 0) is 33.9 Å². The molecule has 2 N–H and O–H groups in total. The largest absolute Gasteiger partial charge is 0.477 e. The number of aliphatic carboxylic acids is 1. The molecule has 0 aliphatic carbocycles. The van der Waals surface area contributed by atoms with Crippen molar-refractivity contribution in [2.75, 3.05) is 24.5 Å². The van der Waals surface area contributed by atoms with Crippen LogP contribution in [0.3, 0.4) is 0 Å². The Kier molecular flexibility index (Phi) is 9.82. The van der Waals surface area contributed by atoms with Gasteiger partial charge >= 0.3 is 12.1 Å². The van der Waals surface area contributed by atoms with Gasteiger partial charge in [-0.15, -0.1) is 11.8 Å². The summed E-state index contributed by atoms with van der Waals surface area (Å²) in [4.78, 5) is 67.2. The average Bonchev–Trinajstić information content (AvgIpc) is 3.83. The summed E-state index contributed by atoms with van der Waals surface area (Å²) in [6.45, 7) is 5.42. The number of aromatic nitrogens is 2. The molecule has 2 saturated heterocycles. The Bertz CT molecular complexity index is 2020. The third kappa shape index (κ3) is 6.63. The van der Waals surface area contributed by atoms with Crippen molar-refractivity contribution in [1.29, 1.82) is 0 Å². The van der Waals surface area contributed by atoms with Gasteiger partial charge in [-0.2, -0.15) is 5.10 Å². The van der Waals surface area contributed by atoms with E-state index in [0.717, 1.165) is 25.3 Å². The molecule has 2 amide bonds. The van der Waals surface area contributed by atoms with E-state index in [1.807, 2.05) is 17.7 Å². The molecule has 284 valence electrons. The zero-order valence-corrected chi connectivity index (χ0v) is 30.3. The van der Waals surface area contributed by atoms with Crippen molar-refractivity contribution >= 4 is 46.9 Å². The lowest BCUT2D eigenvalue weighted by Crippen LogP contribution is -2.66. The number of aliphatic hydroxyl groups excluding tert-OH is 1. The van der Waals surface area contributed by atoms with Gasteiger partial charge in [-0.1, -0.05) is 19.1 Å². The van der Waals surface area contributed by atoms with E-state index in [1.54, 1.807) is 23.2 Å². The first-order chi connectivity index (χ1) is 25.8. The van der Waals surface area contributed by atoms with Crippen molar-refractivity contribution in [2.24, 2.45) is 11.3 Å². The van der Waals surface area contributed by atoms with Crippen LogP contribution in [0.15, 0.2) is 71.4 Å². The number of likely N-dealkylation sites (tertiary alicyclic amines) is 1. The first kappa shape index (κ1) is 36.9. The fraction of sp³-hybridized carbons (Fsp3) is 0.444. The first-order valence-corrected chi connectivity index (χ1v) is 18.5. The highest BCUT2D eigenvalue weighted by Crippen LogP contribution is 2.60. The standard InChI is InChI=1S/C36H39N7O10S/c1-21(44)29-31-36(2,17-22-4-8-24(9-5-22)42(49)50)32(30(34(46)47)41(31)33(29)45)54-27-16-26(18-38-14-3-15-40-28(38)12-13-37-40)39(19-27)35(48)53-20-23-6-10-25(11-7-23)43(51)52/h4-13,21,26-27,29,31,44H,3,14-20H2,1-2H3,(H,46,47)/t21-,26+,27+,29-,31+,36-/m1/s1. The number of fused-ring (bicyclic) bond motifs is 2. The molecule has 18 heteroatoms. The van der Waals surface area contributed by atoms with Gasteiger partial charge in [0.1, 0.15) is 18.1 Å². The number of nitrogens with zero attached hydrogens (tertiary/aromatic N) is 7. The maximum absolute atomic E-state index is 13.8. The summed E-state index contributed by atoms with van der Waals surface area (Å²) >= 11 is 1.31. The average molecular weight is 762 g/mol. The number of aliphatic hydroxyl groups is 1. The highest BCUT2D eigenvalue weighted by atomic mass is 32.2. The molecule has 0 saturated carbocycles. The van der Waals surface area contributed by atoms with Crippen LogP contribution in [0, 0.1) is 31.6 Å². The third-order valence-electron chi connectivity index (χ3n) is 10.9. The number of carboxylic acids is 1. The first-order valence-electron chi connectivity index (χ1n) is 17.6. The quantitative estimate of drug-likeness (QED) is 0.151. The van der Waals surface area contributed by atoms with Gasteiger partial charge in [-0.25, -0.2) is 14.3 Å². The summed E-state index contributed by atoms with van der Waals surface area (Å²) in [6, 6.07) is 12.6. The van der Waals surface area contributed by atoms with Crippen molar-refractivity contribution in [2.45, 2.75) is 69.7 Å². The molecule has 0 radical (unpaired) electrons. The Morgan fingerprint density at radius 1 is 1.04 bits per heavy atom. The van der Waals surface area contributed by atoms with E-state index in [0.29, 0.717) is 29.0 Å². The molecular weight excluding hydrogens is 723 g/mol. The number of ether oxygens (including phenoxy) is 1. The number of amides is 2. The van der Waals surface area contributed by atoms with E-state index in [-0.39, 0.29) is 47.9 Å². The molecule has 2 aromatic carbocycles. The van der Waals surface area contributed by atoms with Crippen LogP contribution in [0.1, 0.15) is 37.8 Å². The van der Waals surface area contributed by atoms with Gasteiger partial charge in [-0.3, -0.25) is 25.0 Å². The molecule has 0 spiro atoms. The smallest absolute Gasteiger partial charge is 0.410 e. The molecule has 6 atom stereocenters. The van der Waals surface area contributed by atoms with Crippen LogP contribution in [0.4, 0.5) is 22.0 Å². The van der Waals surface area contributed by atoms with Crippen LogP contribution < -0.4 is 4.90 Å². The Morgan fingerprint density at radius 3 is 2.30 bits per heavy atom. The molecule has 54 heavy (non-hydrogen) atoms. The van der Waals surface area contributed by atoms with Crippen LogP contribution in [-0.4, -0.2) is 101 Å². The number of carbonyl (C=O) groups excluding carboxylic acids is 2. The summed E-state index contributed by atoms with van der Waals surface area (Å²) in [5.41, 5.74) is -0.0713. The normalized spacial score (nSPS) is 25.2. The lowest BCUT2D eigenvalue weighted by atomic mass is 9.67. The van der Waals surface area contributed by atoms with E-state index in [1.165, 1.54) is 60.0 Å². The zero-order valence-electron chi connectivity index (χ0n) is 29.5. The van der Waals surface area contributed by atoms with Crippen molar-refractivity contribution < 1.29 is 39.2 Å². The van der Waals surface area contributed by atoms with Crippen molar-refractivity contribution in [1.82, 2.24) is 19.6 Å². The van der Waals surface area contributed by atoms with Crippen molar-refractivity contribution in [3.63, 3.8) is 0 Å². The minimum absolute atomic E-state index is 0.0842. The number of rotatable bonds is 12.